The standard InChI is InChI=1S/C18H15NO2S2/c20-17-16(23-18(21)19-17)9-11-6-7-14-13(8-11)10-15(22-14)12-4-2-1-3-5-12/h1-8,15-16H,9-10H2,(H,19,20,21). The molecule has 116 valence electrons. The Labute approximate surface area is 143 Å². The molecule has 2 atom stereocenters. The van der Waals surface area contributed by atoms with Gasteiger partial charge in [-0.25, -0.2) is 0 Å². The molecule has 5 heteroatoms. The third-order valence-electron chi connectivity index (χ3n) is 4.16. The lowest BCUT2D eigenvalue weighted by molar-refractivity contribution is -0.118. The van der Waals surface area contributed by atoms with Crippen molar-refractivity contribution in [2.75, 3.05) is 0 Å². The molecule has 0 saturated carbocycles. The second-order valence-electron chi connectivity index (χ2n) is 5.75. The molecule has 0 aliphatic carbocycles. The molecular weight excluding hydrogens is 326 g/mol. The van der Waals surface area contributed by atoms with Crippen molar-refractivity contribution < 1.29 is 9.59 Å². The summed E-state index contributed by atoms with van der Waals surface area (Å²) in [5.41, 5.74) is 3.82. The molecule has 2 amide bonds. The van der Waals surface area contributed by atoms with Crippen LogP contribution in [0.1, 0.15) is 21.9 Å². The highest BCUT2D eigenvalue weighted by Gasteiger charge is 2.32. The first-order valence-corrected chi connectivity index (χ1v) is 9.30. The van der Waals surface area contributed by atoms with Gasteiger partial charge in [0.05, 0.1) is 5.25 Å². The monoisotopic (exact) mass is 341 g/mol. The summed E-state index contributed by atoms with van der Waals surface area (Å²) in [5.74, 6) is -0.169. The molecule has 0 radical (unpaired) electrons. The molecule has 3 nitrogen and oxygen atoms in total. The highest BCUT2D eigenvalue weighted by Crippen LogP contribution is 2.46. The maximum Gasteiger partial charge on any atom is 0.286 e. The Morgan fingerprint density at radius 1 is 1.04 bits per heavy atom. The van der Waals surface area contributed by atoms with Gasteiger partial charge in [0.25, 0.3) is 5.24 Å². The fourth-order valence-corrected chi connectivity index (χ4v) is 5.19. The highest BCUT2D eigenvalue weighted by molar-refractivity contribution is 8.15. The van der Waals surface area contributed by atoms with Crippen LogP contribution in [0.25, 0.3) is 0 Å². The van der Waals surface area contributed by atoms with Gasteiger partial charge < -0.3 is 0 Å². The molecule has 1 fully saturated rings. The van der Waals surface area contributed by atoms with E-state index in [2.05, 4.69) is 47.8 Å². The fourth-order valence-electron chi connectivity index (χ4n) is 3.02. The number of hydrogen-bond acceptors (Lipinski definition) is 4. The van der Waals surface area contributed by atoms with Gasteiger partial charge in [0.15, 0.2) is 0 Å². The Morgan fingerprint density at radius 2 is 1.87 bits per heavy atom. The average Bonchev–Trinajstić information content (AvgIpc) is 3.11. The van der Waals surface area contributed by atoms with Crippen molar-refractivity contribution in [2.45, 2.75) is 28.2 Å². The van der Waals surface area contributed by atoms with Crippen molar-refractivity contribution in [1.82, 2.24) is 5.32 Å². The number of carbonyl (C=O) groups is 2. The van der Waals surface area contributed by atoms with Gasteiger partial charge in [-0.1, -0.05) is 54.2 Å². The van der Waals surface area contributed by atoms with Crippen molar-refractivity contribution in [3.05, 3.63) is 65.2 Å². The minimum atomic E-state index is -0.292. The van der Waals surface area contributed by atoms with Gasteiger partial charge in [0.2, 0.25) is 5.91 Å². The lowest BCUT2D eigenvalue weighted by Crippen LogP contribution is -2.25. The summed E-state index contributed by atoms with van der Waals surface area (Å²) in [5, 5.41) is 2.29. The van der Waals surface area contributed by atoms with Gasteiger partial charge >= 0.3 is 0 Å². The van der Waals surface area contributed by atoms with Gasteiger partial charge in [-0.3, -0.25) is 14.9 Å². The van der Waals surface area contributed by atoms with Crippen LogP contribution >= 0.6 is 23.5 Å². The molecule has 0 aromatic heterocycles. The van der Waals surface area contributed by atoms with Crippen LogP contribution in [0.15, 0.2) is 53.4 Å². The Kier molecular flexibility index (Phi) is 3.91. The van der Waals surface area contributed by atoms with E-state index in [-0.39, 0.29) is 16.4 Å². The molecule has 2 heterocycles. The predicted molar refractivity (Wildman–Crippen MR) is 93.8 cm³/mol. The van der Waals surface area contributed by atoms with Gasteiger partial charge in [0.1, 0.15) is 0 Å². The number of imide groups is 1. The molecule has 2 aromatic rings. The van der Waals surface area contributed by atoms with Crippen LogP contribution in [0.3, 0.4) is 0 Å². The zero-order valence-electron chi connectivity index (χ0n) is 12.3. The molecule has 23 heavy (non-hydrogen) atoms. The summed E-state index contributed by atoms with van der Waals surface area (Å²) in [6.07, 6.45) is 1.62. The van der Waals surface area contributed by atoms with Crippen LogP contribution in [0.2, 0.25) is 0 Å². The van der Waals surface area contributed by atoms with Crippen LogP contribution < -0.4 is 5.32 Å². The SMILES string of the molecule is O=C1NC(=O)C(Cc2ccc3c(c2)CC(c2ccccc2)S3)S1. The van der Waals surface area contributed by atoms with Crippen molar-refractivity contribution in [3.63, 3.8) is 0 Å². The van der Waals surface area contributed by atoms with Crippen LogP contribution in [-0.4, -0.2) is 16.4 Å². The number of fused-ring (bicyclic) bond motifs is 1. The Morgan fingerprint density at radius 3 is 2.61 bits per heavy atom. The number of amides is 2. The Bertz CT molecular complexity index is 776. The first-order valence-electron chi connectivity index (χ1n) is 7.54. The second kappa shape index (κ2) is 6.06. The minimum Gasteiger partial charge on any atom is -0.286 e. The lowest BCUT2D eigenvalue weighted by atomic mass is 10.0. The maximum atomic E-state index is 11.7. The Hall–Kier alpha value is -1.72. The predicted octanol–water partition coefficient (Wildman–Crippen LogP) is 3.97. The summed E-state index contributed by atoms with van der Waals surface area (Å²) in [6, 6.07) is 17.0. The van der Waals surface area contributed by atoms with E-state index in [0.717, 1.165) is 23.7 Å². The number of rotatable bonds is 3. The fraction of sp³-hybridized carbons (Fsp3) is 0.222. The topological polar surface area (TPSA) is 46.2 Å². The normalized spacial score (nSPS) is 23.0. The van der Waals surface area contributed by atoms with Crippen molar-refractivity contribution in [2.24, 2.45) is 0 Å². The molecule has 2 aromatic carbocycles. The number of carbonyl (C=O) groups excluding carboxylic acids is 2. The molecule has 4 rings (SSSR count). The quantitative estimate of drug-likeness (QED) is 0.917. The molecule has 2 aliphatic heterocycles. The third-order valence-corrected chi connectivity index (χ3v) is 6.52. The maximum absolute atomic E-state index is 11.7. The van der Waals surface area contributed by atoms with E-state index in [1.807, 2.05) is 17.8 Å². The zero-order valence-corrected chi connectivity index (χ0v) is 14.0. The number of nitrogens with one attached hydrogen (secondary N) is 1. The third kappa shape index (κ3) is 3.03. The molecule has 2 aliphatic rings. The van der Waals surface area contributed by atoms with E-state index in [0.29, 0.717) is 11.7 Å². The molecular formula is C18H15NO2S2. The van der Waals surface area contributed by atoms with E-state index in [9.17, 15) is 9.59 Å². The first-order chi connectivity index (χ1) is 11.2. The average molecular weight is 341 g/mol. The van der Waals surface area contributed by atoms with Crippen LogP contribution in [-0.2, 0) is 17.6 Å². The number of hydrogen-bond donors (Lipinski definition) is 1. The van der Waals surface area contributed by atoms with Gasteiger partial charge in [-0.05, 0) is 35.6 Å². The van der Waals surface area contributed by atoms with E-state index in [4.69, 9.17) is 0 Å². The largest absolute Gasteiger partial charge is 0.286 e. The molecule has 1 saturated heterocycles. The molecule has 2 unspecified atom stereocenters. The van der Waals surface area contributed by atoms with Crippen LogP contribution in [0.5, 0.6) is 0 Å². The van der Waals surface area contributed by atoms with E-state index in [1.54, 1.807) is 0 Å². The zero-order chi connectivity index (χ0) is 15.8. The van der Waals surface area contributed by atoms with Crippen molar-refractivity contribution in [1.29, 1.82) is 0 Å². The second-order valence-corrected chi connectivity index (χ2v) is 8.17. The summed E-state index contributed by atoms with van der Waals surface area (Å²) in [6.45, 7) is 0. The molecule has 0 spiro atoms. The smallest absolute Gasteiger partial charge is 0.286 e. The number of benzene rings is 2. The molecule has 1 N–H and O–H groups in total. The highest BCUT2D eigenvalue weighted by atomic mass is 32.2. The van der Waals surface area contributed by atoms with E-state index >= 15 is 0 Å². The van der Waals surface area contributed by atoms with E-state index < -0.39 is 0 Å². The van der Waals surface area contributed by atoms with Gasteiger partial charge in [-0.2, -0.15) is 0 Å². The summed E-state index contributed by atoms with van der Waals surface area (Å²) in [4.78, 5) is 24.3. The minimum absolute atomic E-state index is 0.169. The van der Waals surface area contributed by atoms with Gasteiger partial charge in [-0.15, -0.1) is 11.8 Å². The summed E-state index contributed by atoms with van der Waals surface area (Å²) >= 11 is 3.00. The Balaban J connectivity index is 1.51. The van der Waals surface area contributed by atoms with Gasteiger partial charge in [0, 0.05) is 10.1 Å². The van der Waals surface area contributed by atoms with Crippen molar-refractivity contribution >= 4 is 34.7 Å². The summed E-state index contributed by atoms with van der Waals surface area (Å²) in [7, 11) is 0. The van der Waals surface area contributed by atoms with Crippen molar-refractivity contribution in [3.8, 4) is 0 Å². The van der Waals surface area contributed by atoms with Crippen LogP contribution in [0, 0.1) is 0 Å². The first kappa shape index (κ1) is 14.8. The number of thioether (sulfide) groups is 2. The van der Waals surface area contributed by atoms with Crippen LogP contribution in [0.4, 0.5) is 4.79 Å². The lowest BCUT2D eigenvalue weighted by Gasteiger charge is -2.07. The molecule has 0 bridgehead atoms. The summed E-state index contributed by atoms with van der Waals surface area (Å²) < 4.78 is 0. The van der Waals surface area contributed by atoms with E-state index in [1.165, 1.54) is 16.0 Å².